The first-order valence-corrected chi connectivity index (χ1v) is 12.0. The summed E-state index contributed by atoms with van der Waals surface area (Å²) in [4.78, 5) is 37.5. The summed E-state index contributed by atoms with van der Waals surface area (Å²) in [5.41, 5.74) is 3.59. The van der Waals surface area contributed by atoms with Crippen LogP contribution >= 0.6 is 0 Å². The number of cyclic esters (lactones) is 1. The zero-order chi connectivity index (χ0) is 26.6. The summed E-state index contributed by atoms with van der Waals surface area (Å²) >= 11 is 0. The molecule has 2 N–H and O–H groups in total. The molecule has 1 atom stereocenters. The minimum Gasteiger partial charge on any atom is -0.442 e. The first-order valence-electron chi connectivity index (χ1n) is 12.0. The fraction of sp³-hybridized carbons (Fsp3) is 0.269. The number of anilines is 2. The highest BCUT2D eigenvalue weighted by Gasteiger charge is 2.32. The molecule has 4 aromatic rings. The van der Waals surface area contributed by atoms with Gasteiger partial charge in [-0.25, -0.2) is 28.5 Å². The normalized spacial score (nSPS) is 15.1. The molecular formula is C26H25F2N7O3. The Morgan fingerprint density at radius 3 is 2.71 bits per heavy atom. The van der Waals surface area contributed by atoms with E-state index in [1.165, 1.54) is 24.2 Å². The van der Waals surface area contributed by atoms with Crippen molar-refractivity contribution in [2.75, 3.05) is 36.5 Å². The van der Waals surface area contributed by atoms with Gasteiger partial charge in [-0.3, -0.25) is 9.69 Å². The lowest BCUT2D eigenvalue weighted by Crippen LogP contribution is -2.33. The number of hydrogen-bond donors (Lipinski definition) is 2. The minimum absolute atomic E-state index is 0.138. The van der Waals surface area contributed by atoms with E-state index in [1.807, 2.05) is 28.8 Å². The molecule has 3 heterocycles. The molecule has 1 unspecified atom stereocenters. The third-order valence-corrected chi connectivity index (χ3v) is 6.12. The summed E-state index contributed by atoms with van der Waals surface area (Å²) < 4.78 is 34.7. The molecule has 1 aliphatic rings. The topological polar surface area (TPSA) is 114 Å². The molecule has 0 spiro atoms. The van der Waals surface area contributed by atoms with Crippen LogP contribution in [0.3, 0.4) is 0 Å². The molecule has 2 aromatic heterocycles. The highest BCUT2D eigenvalue weighted by atomic mass is 19.1. The van der Waals surface area contributed by atoms with Gasteiger partial charge in [0.05, 0.1) is 31.6 Å². The maximum Gasteiger partial charge on any atom is 0.414 e. The van der Waals surface area contributed by atoms with Crippen LogP contribution in [0.4, 0.5) is 25.1 Å². The maximum atomic E-state index is 15.1. The number of carbonyl (C=O) groups excluding carboxylic acids is 2. The molecule has 2 aromatic carbocycles. The van der Waals surface area contributed by atoms with Crippen molar-refractivity contribution in [3.8, 4) is 11.1 Å². The van der Waals surface area contributed by atoms with Crippen LogP contribution in [0.5, 0.6) is 0 Å². The molecular weight excluding hydrogens is 496 g/mol. The van der Waals surface area contributed by atoms with Gasteiger partial charge in [0, 0.05) is 19.0 Å². The molecule has 0 aliphatic carbocycles. The first-order chi connectivity index (χ1) is 18.4. The van der Waals surface area contributed by atoms with Gasteiger partial charge < -0.3 is 19.9 Å². The molecule has 12 heteroatoms. The number of carbonyl (C=O) groups is 2. The van der Waals surface area contributed by atoms with E-state index in [4.69, 9.17) is 4.74 Å². The van der Waals surface area contributed by atoms with E-state index < -0.39 is 24.7 Å². The van der Waals surface area contributed by atoms with Gasteiger partial charge in [-0.2, -0.15) is 0 Å². The highest BCUT2D eigenvalue weighted by molar-refractivity contribution is 5.90. The van der Waals surface area contributed by atoms with E-state index in [0.29, 0.717) is 40.3 Å². The molecule has 2 amide bonds. The number of imidazole rings is 1. The van der Waals surface area contributed by atoms with E-state index in [2.05, 4.69) is 25.6 Å². The Morgan fingerprint density at radius 2 is 1.97 bits per heavy atom. The number of nitrogens with one attached hydrogen (secondary N) is 2. The second kappa shape index (κ2) is 10.8. The van der Waals surface area contributed by atoms with Crippen molar-refractivity contribution in [2.45, 2.75) is 19.6 Å². The molecule has 0 saturated carbocycles. The van der Waals surface area contributed by atoms with Gasteiger partial charge in [0.1, 0.15) is 30.4 Å². The second-order valence-electron chi connectivity index (χ2n) is 8.80. The van der Waals surface area contributed by atoms with Gasteiger partial charge in [-0.15, -0.1) is 0 Å². The summed E-state index contributed by atoms with van der Waals surface area (Å²) in [7, 11) is 0. The monoisotopic (exact) mass is 521 g/mol. The standard InChI is InChI=1S/C26H25F2N7O3/c1-16(36)30-11-20-13-35(26(37)38-20)19-6-7-21(22(28)10-19)18-4-2-17(3-5-18)12-34-15-33-23-24(29-9-8-27)31-14-32-25(23)34/h2-7,10,14-15,20H,8-9,11-13H2,1H3,(H,30,36)(H,29,31,32). The molecule has 10 nitrogen and oxygen atoms in total. The minimum atomic E-state index is -0.584. The summed E-state index contributed by atoms with van der Waals surface area (Å²) in [5, 5.41) is 5.52. The van der Waals surface area contributed by atoms with E-state index in [1.54, 1.807) is 18.5 Å². The number of nitrogens with zero attached hydrogens (tertiary/aromatic N) is 5. The Morgan fingerprint density at radius 1 is 1.16 bits per heavy atom. The van der Waals surface area contributed by atoms with Crippen LogP contribution in [0, 0.1) is 5.82 Å². The number of amides is 2. The van der Waals surface area contributed by atoms with Crippen molar-refractivity contribution in [3.05, 3.63) is 66.5 Å². The van der Waals surface area contributed by atoms with Gasteiger partial charge in [-0.1, -0.05) is 24.3 Å². The van der Waals surface area contributed by atoms with Crippen molar-refractivity contribution in [3.63, 3.8) is 0 Å². The number of fused-ring (bicyclic) bond motifs is 1. The molecule has 0 bridgehead atoms. The molecule has 1 saturated heterocycles. The van der Waals surface area contributed by atoms with Crippen molar-refractivity contribution in [1.29, 1.82) is 0 Å². The first kappa shape index (κ1) is 25.1. The third-order valence-electron chi connectivity index (χ3n) is 6.12. The largest absolute Gasteiger partial charge is 0.442 e. The van der Waals surface area contributed by atoms with Crippen LogP contribution in [0.1, 0.15) is 12.5 Å². The van der Waals surface area contributed by atoms with Crippen molar-refractivity contribution >= 4 is 34.7 Å². The Balaban J connectivity index is 1.28. The Labute approximate surface area is 216 Å². The second-order valence-corrected chi connectivity index (χ2v) is 8.80. The van der Waals surface area contributed by atoms with Crippen LogP contribution < -0.4 is 15.5 Å². The van der Waals surface area contributed by atoms with E-state index in [-0.39, 0.29) is 25.5 Å². The molecule has 38 heavy (non-hydrogen) atoms. The summed E-state index contributed by atoms with van der Waals surface area (Å²) in [6.45, 7) is 1.90. The molecule has 5 rings (SSSR count). The van der Waals surface area contributed by atoms with E-state index in [0.717, 1.165) is 5.56 Å². The number of rotatable bonds is 9. The van der Waals surface area contributed by atoms with Gasteiger partial charge in [0.2, 0.25) is 5.91 Å². The van der Waals surface area contributed by atoms with Crippen LogP contribution in [-0.4, -0.2) is 63.9 Å². The van der Waals surface area contributed by atoms with Crippen LogP contribution in [0.2, 0.25) is 0 Å². The van der Waals surface area contributed by atoms with Gasteiger partial charge >= 0.3 is 6.09 Å². The predicted octanol–water partition coefficient (Wildman–Crippen LogP) is 3.52. The third kappa shape index (κ3) is 5.24. The Bertz CT molecular complexity index is 1480. The maximum absolute atomic E-state index is 15.1. The molecule has 0 radical (unpaired) electrons. The zero-order valence-corrected chi connectivity index (χ0v) is 20.5. The summed E-state index contributed by atoms with van der Waals surface area (Å²) in [5.74, 6) is -0.213. The van der Waals surface area contributed by atoms with Gasteiger partial charge in [-0.05, 0) is 29.3 Å². The predicted molar refractivity (Wildman–Crippen MR) is 137 cm³/mol. The van der Waals surface area contributed by atoms with Gasteiger partial charge in [0.15, 0.2) is 11.5 Å². The zero-order valence-electron chi connectivity index (χ0n) is 20.5. The average molecular weight is 522 g/mol. The number of halogens is 2. The summed E-state index contributed by atoms with van der Waals surface area (Å²) in [6, 6.07) is 12.0. The number of hydrogen-bond acceptors (Lipinski definition) is 7. The number of benzene rings is 2. The van der Waals surface area contributed by atoms with Crippen LogP contribution in [0.15, 0.2) is 55.1 Å². The lowest BCUT2D eigenvalue weighted by molar-refractivity contribution is -0.119. The highest BCUT2D eigenvalue weighted by Crippen LogP contribution is 2.29. The quantitative estimate of drug-likeness (QED) is 0.346. The lowest BCUT2D eigenvalue weighted by atomic mass is 10.0. The fourth-order valence-corrected chi connectivity index (χ4v) is 4.28. The fourth-order valence-electron chi connectivity index (χ4n) is 4.28. The Kier molecular flexibility index (Phi) is 7.11. The van der Waals surface area contributed by atoms with Crippen molar-refractivity contribution < 1.29 is 23.1 Å². The van der Waals surface area contributed by atoms with E-state index >= 15 is 4.39 Å². The molecule has 196 valence electrons. The van der Waals surface area contributed by atoms with Crippen LogP contribution in [0.25, 0.3) is 22.3 Å². The van der Waals surface area contributed by atoms with Crippen LogP contribution in [-0.2, 0) is 16.1 Å². The Hall–Kier alpha value is -4.61. The molecule has 1 aliphatic heterocycles. The number of ether oxygens (including phenoxy) is 1. The van der Waals surface area contributed by atoms with E-state index in [9.17, 15) is 14.0 Å². The van der Waals surface area contributed by atoms with Crippen molar-refractivity contribution in [1.82, 2.24) is 24.8 Å². The summed E-state index contributed by atoms with van der Waals surface area (Å²) in [6.07, 6.45) is 1.97. The lowest BCUT2D eigenvalue weighted by Gasteiger charge is -2.15. The molecule has 1 fully saturated rings. The van der Waals surface area contributed by atoms with Gasteiger partial charge in [0.25, 0.3) is 0 Å². The average Bonchev–Trinajstić information content (AvgIpc) is 3.50. The van der Waals surface area contributed by atoms with Crippen molar-refractivity contribution in [2.24, 2.45) is 0 Å². The SMILES string of the molecule is CC(=O)NCC1CN(c2ccc(-c3ccc(Cn4cnc5c(NCCF)ncnc54)cc3)c(F)c2)C(=O)O1. The number of alkyl halides is 1. The number of aromatic nitrogens is 4. The smallest absolute Gasteiger partial charge is 0.414 e.